The number of pyridine rings is 1. The van der Waals surface area contributed by atoms with E-state index in [0.29, 0.717) is 11.3 Å². The molecule has 20 heavy (non-hydrogen) atoms. The predicted molar refractivity (Wildman–Crippen MR) is 70.5 cm³/mol. The van der Waals surface area contributed by atoms with Gasteiger partial charge in [-0.25, -0.2) is 4.98 Å². The number of rotatable bonds is 3. The molecular weight excluding hydrogens is 260 g/mol. The largest absolute Gasteiger partial charge is 0.439 e. The Bertz CT molecular complexity index is 774. The molecule has 0 amide bonds. The van der Waals surface area contributed by atoms with Crippen LogP contribution in [0.5, 0.6) is 11.6 Å². The van der Waals surface area contributed by atoms with Gasteiger partial charge in [0.15, 0.2) is 0 Å². The first-order valence-electron chi connectivity index (χ1n) is 5.71. The second-order valence-corrected chi connectivity index (χ2v) is 3.92. The number of aromatic nitrogens is 3. The Labute approximate surface area is 113 Å². The Morgan fingerprint density at radius 2 is 1.80 bits per heavy atom. The Morgan fingerprint density at radius 3 is 2.50 bits per heavy atom. The van der Waals surface area contributed by atoms with Crippen LogP contribution in [0.15, 0.2) is 48.9 Å². The van der Waals surface area contributed by atoms with Gasteiger partial charge < -0.3 is 4.74 Å². The van der Waals surface area contributed by atoms with Gasteiger partial charge in [0, 0.05) is 30.6 Å². The van der Waals surface area contributed by atoms with Gasteiger partial charge in [-0.3, -0.25) is 20.1 Å². The van der Waals surface area contributed by atoms with E-state index in [4.69, 9.17) is 4.74 Å². The predicted octanol–water partition coefficient (Wildman–Crippen LogP) is 2.73. The summed E-state index contributed by atoms with van der Waals surface area (Å²) in [6, 6.07) is 8.02. The average molecular weight is 268 g/mol. The molecule has 98 valence electrons. The van der Waals surface area contributed by atoms with Crippen molar-refractivity contribution in [1.29, 1.82) is 0 Å². The molecular formula is C13H8N4O3. The van der Waals surface area contributed by atoms with Crippen LogP contribution >= 0.6 is 0 Å². The summed E-state index contributed by atoms with van der Waals surface area (Å²) in [6.45, 7) is 0. The van der Waals surface area contributed by atoms with Gasteiger partial charge in [-0.2, -0.15) is 0 Å². The van der Waals surface area contributed by atoms with E-state index in [1.807, 2.05) is 0 Å². The molecule has 0 spiro atoms. The van der Waals surface area contributed by atoms with E-state index >= 15 is 0 Å². The summed E-state index contributed by atoms with van der Waals surface area (Å²) in [5.74, 6) is 0.818. The van der Waals surface area contributed by atoms with Gasteiger partial charge in [-0.15, -0.1) is 0 Å². The van der Waals surface area contributed by atoms with E-state index in [1.54, 1.807) is 30.6 Å². The lowest BCUT2D eigenvalue weighted by molar-refractivity contribution is -0.385. The highest BCUT2D eigenvalue weighted by Crippen LogP contribution is 2.23. The molecule has 0 saturated heterocycles. The molecule has 0 bridgehead atoms. The maximum atomic E-state index is 10.5. The van der Waals surface area contributed by atoms with Gasteiger partial charge in [-0.05, 0) is 12.1 Å². The minimum atomic E-state index is -0.512. The topological polar surface area (TPSA) is 91.0 Å². The molecule has 0 unspecified atom stereocenters. The van der Waals surface area contributed by atoms with Crippen LogP contribution in [0.4, 0.5) is 5.69 Å². The van der Waals surface area contributed by atoms with Crippen molar-refractivity contribution in [2.75, 3.05) is 0 Å². The number of hydrogen-bond donors (Lipinski definition) is 0. The molecule has 2 aromatic heterocycles. The van der Waals surface area contributed by atoms with Crippen LogP contribution < -0.4 is 4.74 Å². The summed E-state index contributed by atoms with van der Waals surface area (Å²) in [5, 5.41) is 10.5. The highest BCUT2D eigenvalue weighted by atomic mass is 16.6. The lowest BCUT2D eigenvalue weighted by atomic mass is 10.3. The number of hydrogen-bond acceptors (Lipinski definition) is 6. The number of nitro groups is 1. The van der Waals surface area contributed by atoms with Gasteiger partial charge in [0.1, 0.15) is 11.9 Å². The Balaban J connectivity index is 1.87. The minimum absolute atomic E-state index is 0.0817. The maximum Gasteiger partial charge on any atom is 0.287 e. The fourth-order valence-corrected chi connectivity index (χ4v) is 1.67. The van der Waals surface area contributed by atoms with Crippen molar-refractivity contribution in [1.82, 2.24) is 15.0 Å². The van der Waals surface area contributed by atoms with Crippen LogP contribution in [0, 0.1) is 10.1 Å². The molecule has 0 saturated carbocycles. The van der Waals surface area contributed by atoms with E-state index < -0.39 is 4.92 Å². The van der Waals surface area contributed by atoms with Crippen LogP contribution in [-0.2, 0) is 0 Å². The van der Waals surface area contributed by atoms with Crippen molar-refractivity contribution < 1.29 is 9.66 Å². The van der Waals surface area contributed by atoms with Crippen molar-refractivity contribution in [3.05, 3.63) is 59.0 Å². The van der Waals surface area contributed by atoms with E-state index in [1.165, 1.54) is 12.1 Å². The van der Waals surface area contributed by atoms with Crippen molar-refractivity contribution in [3.63, 3.8) is 0 Å². The molecule has 7 nitrogen and oxygen atoms in total. The van der Waals surface area contributed by atoms with Gasteiger partial charge in [0.25, 0.3) is 5.69 Å². The van der Waals surface area contributed by atoms with Crippen LogP contribution in [0.2, 0.25) is 0 Å². The van der Waals surface area contributed by atoms with Crippen LogP contribution in [0.25, 0.3) is 11.0 Å². The summed E-state index contributed by atoms with van der Waals surface area (Å²) < 4.78 is 5.52. The molecule has 0 aliphatic rings. The SMILES string of the molecule is O=[N+]([O-])c1ccc(Oc2ccc3nccnc3c2)nc1. The maximum absolute atomic E-state index is 10.5. The zero-order valence-corrected chi connectivity index (χ0v) is 10.1. The Kier molecular flexibility index (Phi) is 2.92. The van der Waals surface area contributed by atoms with Crippen molar-refractivity contribution >= 4 is 16.7 Å². The van der Waals surface area contributed by atoms with Crippen molar-refractivity contribution in [2.24, 2.45) is 0 Å². The summed E-state index contributed by atoms with van der Waals surface area (Å²) in [7, 11) is 0. The third-order valence-corrected chi connectivity index (χ3v) is 2.59. The summed E-state index contributed by atoms with van der Waals surface area (Å²) >= 11 is 0. The lowest BCUT2D eigenvalue weighted by Crippen LogP contribution is -1.92. The van der Waals surface area contributed by atoms with E-state index in [2.05, 4.69) is 15.0 Å². The third-order valence-electron chi connectivity index (χ3n) is 2.59. The van der Waals surface area contributed by atoms with E-state index in [9.17, 15) is 10.1 Å². The van der Waals surface area contributed by atoms with Gasteiger partial charge in [0.05, 0.1) is 16.0 Å². The van der Waals surface area contributed by atoms with E-state index in [-0.39, 0.29) is 11.6 Å². The van der Waals surface area contributed by atoms with Crippen molar-refractivity contribution in [3.8, 4) is 11.6 Å². The fraction of sp³-hybridized carbons (Fsp3) is 0. The fourth-order valence-electron chi connectivity index (χ4n) is 1.67. The molecule has 1 aromatic carbocycles. The first-order chi connectivity index (χ1) is 9.72. The van der Waals surface area contributed by atoms with Crippen molar-refractivity contribution in [2.45, 2.75) is 0 Å². The summed E-state index contributed by atoms with van der Waals surface area (Å²) in [4.78, 5) is 22.2. The normalized spacial score (nSPS) is 10.4. The Hall–Kier alpha value is -3.09. The molecule has 3 aromatic rings. The van der Waals surface area contributed by atoms with Crippen LogP contribution in [0.3, 0.4) is 0 Å². The lowest BCUT2D eigenvalue weighted by Gasteiger charge is -2.04. The molecule has 0 atom stereocenters. The highest BCUT2D eigenvalue weighted by Gasteiger charge is 2.07. The zero-order valence-electron chi connectivity index (χ0n) is 10.1. The van der Waals surface area contributed by atoms with Gasteiger partial charge in [0.2, 0.25) is 5.88 Å². The molecule has 3 rings (SSSR count). The number of fused-ring (bicyclic) bond motifs is 1. The van der Waals surface area contributed by atoms with Crippen LogP contribution in [0.1, 0.15) is 0 Å². The molecule has 2 heterocycles. The molecule has 0 N–H and O–H groups in total. The second kappa shape index (κ2) is 4.88. The molecule has 0 radical (unpaired) electrons. The van der Waals surface area contributed by atoms with E-state index in [0.717, 1.165) is 11.7 Å². The third kappa shape index (κ3) is 2.37. The molecule has 0 aliphatic carbocycles. The molecule has 0 aliphatic heterocycles. The number of nitrogens with zero attached hydrogens (tertiary/aromatic N) is 4. The minimum Gasteiger partial charge on any atom is -0.439 e. The quantitative estimate of drug-likeness (QED) is 0.535. The Morgan fingerprint density at radius 1 is 1.00 bits per heavy atom. The molecule has 0 fully saturated rings. The highest BCUT2D eigenvalue weighted by molar-refractivity contribution is 5.75. The second-order valence-electron chi connectivity index (χ2n) is 3.92. The monoisotopic (exact) mass is 268 g/mol. The zero-order chi connectivity index (χ0) is 13.9. The molecule has 7 heteroatoms. The van der Waals surface area contributed by atoms with Crippen LogP contribution in [-0.4, -0.2) is 19.9 Å². The average Bonchev–Trinajstić information content (AvgIpc) is 2.48. The van der Waals surface area contributed by atoms with Gasteiger partial charge >= 0.3 is 0 Å². The first kappa shape index (κ1) is 12.0. The number of ether oxygens (including phenoxy) is 1. The summed E-state index contributed by atoms with van der Waals surface area (Å²) in [6.07, 6.45) is 4.35. The van der Waals surface area contributed by atoms with Gasteiger partial charge in [-0.1, -0.05) is 0 Å². The number of benzene rings is 1. The first-order valence-corrected chi connectivity index (χ1v) is 5.71. The smallest absolute Gasteiger partial charge is 0.287 e. The standard InChI is InChI=1S/C13H8N4O3/c18-17(19)9-1-4-13(16-8-9)20-10-2-3-11-12(7-10)15-6-5-14-11/h1-8H. The summed E-state index contributed by atoms with van der Waals surface area (Å²) in [5.41, 5.74) is 1.38.